The van der Waals surface area contributed by atoms with Crippen molar-refractivity contribution in [3.8, 4) is 35.5 Å². The van der Waals surface area contributed by atoms with E-state index < -0.39 is 5.82 Å². The summed E-state index contributed by atoms with van der Waals surface area (Å²) in [4.78, 5) is 19.8. The molecule has 2 aromatic carbocycles. The molecular weight excluding hydrogens is 591 g/mol. The topological polar surface area (TPSA) is 75.6 Å². The normalized spacial score (nSPS) is 29.4. The lowest BCUT2D eigenvalue weighted by Crippen LogP contribution is -2.63. The maximum atomic E-state index is 17.2. The van der Waals surface area contributed by atoms with Crippen molar-refractivity contribution in [2.24, 2.45) is 5.92 Å². The first kappa shape index (κ1) is 27.8. The molecule has 7 heterocycles. The van der Waals surface area contributed by atoms with E-state index in [9.17, 15) is 0 Å². The lowest BCUT2D eigenvalue weighted by molar-refractivity contribution is 0.107. The lowest BCUT2D eigenvalue weighted by Gasteiger charge is -2.43. The van der Waals surface area contributed by atoms with Crippen molar-refractivity contribution >= 4 is 27.5 Å². The lowest BCUT2D eigenvalue weighted by atomic mass is 9.94. The Morgan fingerprint density at radius 1 is 1.11 bits per heavy atom. The van der Waals surface area contributed by atoms with Crippen molar-refractivity contribution in [2.75, 3.05) is 31.1 Å². The summed E-state index contributed by atoms with van der Waals surface area (Å²) in [6.45, 7) is 7.43. The van der Waals surface area contributed by atoms with Crippen molar-refractivity contribution in [1.82, 2.24) is 25.2 Å². The molecule has 5 atom stereocenters. The predicted octanol–water partition coefficient (Wildman–Crippen LogP) is 5.62. The minimum absolute atomic E-state index is 0.0561. The minimum atomic E-state index is -0.519. The number of hydrogen-bond donors (Lipinski definition) is 1. The highest BCUT2D eigenvalue weighted by atomic mass is 19.1. The molecule has 6 aliphatic rings. The number of nitrogens with one attached hydrogen (secondary N) is 1. The van der Waals surface area contributed by atoms with Gasteiger partial charge >= 0.3 is 6.01 Å². The molecular formula is C38H37FN6O2. The van der Waals surface area contributed by atoms with E-state index in [1.807, 2.05) is 36.4 Å². The first-order chi connectivity index (χ1) is 23.0. The average Bonchev–Trinajstić information content (AvgIpc) is 3.68. The van der Waals surface area contributed by atoms with E-state index in [2.05, 4.69) is 27.6 Å². The summed E-state index contributed by atoms with van der Waals surface area (Å²) < 4.78 is 30.8. The standard InChI is InChI=1S/C38H37FN6O2/c1-3-22-7-4-8-23-9-5-10-26(28(22)23)31-30(39)32-29-35(43-37(42-32)46-20-38-15-6-16-44(38)18-21(2)17-38)45-19-25-13-14-27(40-25)33(45)34(24-11-12-24)47-36(29)41-31/h1,4-5,7-10,24-25,27,33-34,40H,2,6,11-20H2/t25-,27+,33+,34+,38?/m1/s1. The van der Waals surface area contributed by atoms with E-state index in [-0.39, 0.29) is 40.9 Å². The maximum absolute atomic E-state index is 17.2. The Morgan fingerprint density at radius 3 is 2.83 bits per heavy atom. The van der Waals surface area contributed by atoms with E-state index >= 15 is 4.39 Å². The van der Waals surface area contributed by atoms with Gasteiger partial charge in [-0.15, -0.1) is 6.42 Å². The number of anilines is 1. The van der Waals surface area contributed by atoms with Gasteiger partial charge in [-0.3, -0.25) is 4.90 Å². The fraction of sp³-hybridized carbons (Fsp3) is 0.447. The first-order valence-corrected chi connectivity index (χ1v) is 17.1. The van der Waals surface area contributed by atoms with Crippen molar-refractivity contribution in [2.45, 2.75) is 74.7 Å². The van der Waals surface area contributed by atoms with Crippen LogP contribution >= 0.6 is 0 Å². The molecule has 0 amide bonds. The van der Waals surface area contributed by atoms with Crippen molar-refractivity contribution < 1.29 is 13.9 Å². The molecule has 0 radical (unpaired) electrons. The van der Waals surface area contributed by atoms with Crippen LogP contribution in [-0.4, -0.2) is 75.9 Å². The molecule has 10 rings (SSSR count). The van der Waals surface area contributed by atoms with Gasteiger partial charge in [0.05, 0.1) is 11.6 Å². The van der Waals surface area contributed by atoms with Gasteiger partial charge in [0.2, 0.25) is 5.88 Å². The summed E-state index contributed by atoms with van der Waals surface area (Å²) in [5.74, 6) is 3.76. The van der Waals surface area contributed by atoms with Gasteiger partial charge in [-0.1, -0.05) is 48.4 Å². The molecule has 1 N–H and O–H groups in total. The Hall–Kier alpha value is -4.26. The Morgan fingerprint density at radius 2 is 1.98 bits per heavy atom. The van der Waals surface area contributed by atoms with E-state index in [1.165, 1.54) is 5.57 Å². The SMILES string of the molecule is C#Cc1cccc2cccc(-c3nc4c5c(nc(OCC67CCCN6CC(=C)C7)nc5c3F)N3C[C@H]5CC[C@H](N5)[C@H]3[C@H](C3CC3)O4)c12. The second kappa shape index (κ2) is 10.1. The van der Waals surface area contributed by atoms with E-state index in [0.29, 0.717) is 46.8 Å². The molecule has 2 bridgehead atoms. The summed E-state index contributed by atoms with van der Waals surface area (Å²) in [5, 5.41) is 6.09. The van der Waals surface area contributed by atoms with Crippen LogP contribution in [0.3, 0.4) is 0 Å². The number of rotatable bonds is 5. The van der Waals surface area contributed by atoms with Crippen LogP contribution < -0.4 is 19.7 Å². The second-order valence-corrected chi connectivity index (χ2v) is 14.6. The maximum Gasteiger partial charge on any atom is 0.319 e. The Labute approximate surface area is 273 Å². The number of piperazine rings is 1. The van der Waals surface area contributed by atoms with Crippen LogP contribution in [0.4, 0.5) is 10.2 Å². The number of benzene rings is 2. The Kier molecular flexibility index (Phi) is 5.99. The van der Waals surface area contributed by atoms with Gasteiger partial charge in [-0.25, -0.2) is 9.37 Å². The van der Waals surface area contributed by atoms with Gasteiger partial charge in [-0.2, -0.15) is 9.97 Å². The smallest absolute Gasteiger partial charge is 0.319 e. The molecule has 0 spiro atoms. The molecule has 8 nitrogen and oxygen atoms in total. The number of hydrogen-bond acceptors (Lipinski definition) is 8. The Balaban J connectivity index is 1.18. The van der Waals surface area contributed by atoms with Gasteiger partial charge in [0, 0.05) is 41.7 Å². The van der Waals surface area contributed by atoms with Crippen LogP contribution in [0, 0.1) is 24.1 Å². The van der Waals surface area contributed by atoms with E-state index in [4.69, 9.17) is 30.8 Å². The molecule has 2 aromatic heterocycles. The molecule has 4 saturated heterocycles. The molecule has 1 saturated carbocycles. The first-order valence-electron chi connectivity index (χ1n) is 17.1. The number of fused-ring (bicyclic) bond motifs is 7. The molecule has 1 unspecified atom stereocenters. The van der Waals surface area contributed by atoms with Crippen molar-refractivity contribution in [3.63, 3.8) is 0 Å². The monoisotopic (exact) mass is 628 g/mol. The quantitative estimate of drug-likeness (QED) is 0.226. The van der Waals surface area contributed by atoms with Crippen LogP contribution in [-0.2, 0) is 0 Å². The number of halogens is 1. The highest BCUT2D eigenvalue weighted by Crippen LogP contribution is 2.49. The van der Waals surface area contributed by atoms with Gasteiger partial charge < -0.3 is 19.7 Å². The summed E-state index contributed by atoms with van der Waals surface area (Å²) >= 11 is 0. The molecule has 4 aromatic rings. The van der Waals surface area contributed by atoms with E-state index in [0.717, 1.165) is 75.4 Å². The fourth-order valence-electron chi connectivity index (χ4n) is 9.42. The zero-order chi connectivity index (χ0) is 31.4. The summed E-state index contributed by atoms with van der Waals surface area (Å²) in [7, 11) is 0. The van der Waals surface area contributed by atoms with Crippen LogP contribution in [0.2, 0.25) is 0 Å². The number of ether oxygens (including phenoxy) is 2. The van der Waals surface area contributed by atoms with Gasteiger partial charge in [0.15, 0.2) is 5.82 Å². The highest BCUT2D eigenvalue weighted by Gasteiger charge is 2.53. The summed E-state index contributed by atoms with van der Waals surface area (Å²) in [5.41, 5.74) is 2.79. The van der Waals surface area contributed by atoms with Gasteiger partial charge in [0.1, 0.15) is 35.1 Å². The van der Waals surface area contributed by atoms with Gasteiger partial charge in [-0.05, 0) is 68.9 Å². The molecule has 1 aliphatic carbocycles. The number of pyridine rings is 1. The van der Waals surface area contributed by atoms with Crippen LogP contribution in [0.1, 0.15) is 50.5 Å². The van der Waals surface area contributed by atoms with Gasteiger partial charge in [0.25, 0.3) is 0 Å². The number of terminal acetylenes is 1. The fourth-order valence-corrected chi connectivity index (χ4v) is 9.42. The number of aromatic nitrogens is 3. The van der Waals surface area contributed by atoms with Crippen LogP contribution in [0.25, 0.3) is 32.9 Å². The third kappa shape index (κ3) is 4.17. The Bertz CT molecular complexity index is 2030. The molecule has 9 heteroatoms. The second-order valence-electron chi connectivity index (χ2n) is 14.6. The number of nitrogens with zero attached hydrogens (tertiary/aromatic N) is 5. The van der Waals surface area contributed by atoms with Crippen molar-refractivity contribution in [1.29, 1.82) is 0 Å². The molecule has 47 heavy (non-hydrogen) atoms. The zero-order valence-corrected chi connectivity index (χ0v) is 26.3. The van der Waals surface area contributed by atoms with Crippen LogP contribution in [0.15, 0.2) is 48.6 Å². The molecule has 238 valence electrons. The highest BCUT2D eigenvalue weighted by molar-refractivity contribution is 6.03. The molecule has 5 aliphatic heterocycles. The van der Waals surface area contributed by atoms with Crippen molar-refractivity contribution in [3.05, 3.63) is 59.9 Å². The summed E-state index contributed by atoms with van der Waals surface area (Å²) in [6.07, 6.45) is 13.3. The molecule has 5 fully saturated rings. The summed E-state index contributed by atoms with van der Waals surface area (Å²) in [6, 6.07) is 12.5. The van der Waals surface area contributed by atoms with Crippen LogP contribution in [0.5, 0.6) is 11.9 Å². The third-order valence-corrected chi connectivity index (χ3v) is 11.6. The minimum Gasteiger partial charge on any atom is -0.471 e. The largest absolute Gasteiger partial charge is 0.471 e. The third-order valence-electron chi connectivity index (χ3n) is 11.6. The average molecular weight is 629 g/mol. The zero-order valence-electron chi connectivity index (χ0n) is 26.3. The predicted molar refractivity (Wildman–Crippen MR) is 179 cm³/mol. The van der Waals surface area contributed by atoms with E-state index in [1.54, 1.807) is 0 Å².